The largest absolute Gasteiger partial charge is 0.504 e. The normalized spacial score (nSPS) is 31.8. The molecule has 9 heteroatoms. The summed E-state index contributed by atoms with van der Waals surface area (Å²) in [5.41, 5.74) is 2.65. The van der Waals surface area contributed by atoms with Gasteiger partial charge in [0.05, 0.1) is 17.3 Å². The molecule has 1 aromatic heterocycles. The highest BCUT2D eigenvalue weighted by atomic mass is 32.2. The molecule has 2 fully saturated rings. The van der Waals surface area contributed by atoms with Crippen LogP contribution in [-0.4, -0.2) is 59.1 Å². The van der Waals surface area contributed by atoms with E-state index >= 15 is 0 Å². The molecule has 8 rings (SSSR count). The van der Waals surface area contributed by atoms with Crippen LogP contribution in [-0.2, 0) is 28.4 Å². The summed E-state index contributed by atoms with van der Waals surface area (Å²) in [4.78, 5) is 2.56. The van der Waals surface area contributed by atoms with E-state index in [0.717, 1.165) is 59.7 Å². The van der Waals surface area contributed by atoms with E-state index in [1.165, 1.54) is 18.4 Å². The van der Waals surface area contributed by atoms with E-state index < -0.39 is 27.2 Å². The molecule has 5 aliphatic rings. The maximum absolute atomic E-state index is 12.7. The number of rotatable bonds is 2. The number of nitrogens with zero attached hydrogens (tertiary/aromatic N) is 1. The minimum Gasteiger partial charge on any atom is -0.504 e. The summed E-state index contributed by atoms with van der Waals surface area (Å²) in [6.45, 7) is 2.03. The Morgan fingerprint density at radius 1 is 1.17 bits per heavy atom. The molecule has 0 amide bonds. The van der Waals surface area contributed by atoms with Crippen molar-refractivity contribution in [3.8, 4) is 11.5 Å². The van der Waals surface area contributed by atoms with Crippen molar-refractivity contribution < 1.29 is 32.3 Å². The van der Waals surface area contributed by atoms with E-state index in [4.69, 9.17) is 13.7 Å². The molecule has 1 saturated heterocycles. The zero-order valence-electron chi connectivity index (χ0n) is 20.0. The number of phenolic OH excluding ortho intramolecular Hbond substituents is 1. The molecule has 2 aliphatic heterocycles. The lowest BCUT2D eigenvalue weighted by Gasteiger charge is -2.62. The summed E-state index contributed by atoms with van der Waals surface area (Å²) in [5, 5.41) is 24.5. The van der Waals surface area contributed by atoms with Crippen molar-refractivity contribution in [1.29, 1.82) is 0 Å². The third kappa shape index (κ3) is 3.00. The molecule has 2 aromatic carbocycles. The Hall–Kier alpha value is -2.59. The van der Waals surface area contributed by atoms with Crippen molar-refractivity contribution in [2.75, 3.05) is 19.3 Å². The van der Waals surface area contributed by atoms with E-state index in [-0.39, 0.29) is 11.8 Å². The molecule has 0 radical (unpaired) electrons. The Bertz CT molecular complexity index is 1500. The number of phenols is 1. The molecule has 3 heterocycles. The number of aliphatic hydroxyl groups is 1. The van der Waals surface area contributed by atoms with Crippen LogP contribution in [0.3, 0.4) is 0 Å². The number of hydrogen-bond acceptors (Lipinski definition) is 7. The van der Waals surface area contributed by atoms with Gasteiger partial charge in [-0.1, -0.05) is 24.3 Å². The number of benzene rings is 2. The molecule has 190 valence electrons. The Balaban J connectivity index is 0.000000406. The van der Waals surface area contributed by atoms with E-state index in [1.807, 2.05) is 24.3 Å². The van der Waals surface area contributed by atoms with Gasteiger partial charge in [-0.3, -0.25) is 9.45 Å². The van der Waals surface area contributed by atoms with Crippen molar-refractivity contribution in [1.82, 2.24) is 4.90 Å². The van der Waals surface area contributed by atoms with Crippen LogP contribution < -0.4 is 4.74 Å². The fourth-order valence-electron chi connectivity index (χ4n) is 7.42. The highest BCUT2D eigenvalue weighted by Crippen LogP contribution is 2.69. The summed E-state index contributed by atoms with van der Waals surface area (Å²) in [7, 11) is -3.67. The SMILES string of the molecule is CS(=O)(=O)O.Oc1ccc2c3c1O[C@H]1c4oc5ccccc5c4C[C@]4(O)[C@@H](C2)N(CC2CC2)CC[C@@]314. The third-order valence-corrected chi connectivity index (χ3v) is 8.93. The average molecular weight is 512 g/mol. The topological polar surface area (TPSA) is 120 Å². The first-order valence-electron chi connectivity index (χ1n) is 12.5. The third-order valence-electron chi connectivity index (χ3n) is 8.93. The van der Waals surface area contributed by atoms with Crippen LogP contribution in [0, 0.1) is 5.92 Å². The van der Waals surface area contributed by atoms with E-state index in [1.54, 1.807) is 6.07 Å². The van der Waals surface area contributed by atoms with Crippen molar-refractivity contribution in [3.63, 3.8) is 0 Å². The zero-order chi connectivity index (χ0) is 25.0. The fourth-order valence-corrected chi connectivity index (χ4v) is 7.42. The number of fused-ring (bicyclic) bond motifs is 4. The molecular formula is C27H29NO7S. The van der Waals surface area contributed by atoms with Crippen molar-refractivity contribution in [3.05, 3.63) is 58.8 Å². The van der Waals surface area contributed by atoms with Gasteiger partial charge in [0.25, 0.3) is 10.1 Å². The Kier molecular flexibility index (Phi) is 4.55. The standard InChI is InChI=1S/C26H25NO4.CH4O3S/c28-18-8-7-15-11-20-26(29)12-17-16-3-1-2-4-19(16)30-22(17)24-25(26,21(15)23(18)31-24)9-10-27(20)13-14-5-6-14;1-5(2,3)4/h1-4,7-8,14,20,24,28-29H,5-6,9-13H2;1H3,(H,2,3,4)/t20-,24+,25-,26+;/m1./s1. The minimum absolute atomic E-state index is 0.0535. The summed E-state index contributed by atoms with van der Waals surface area (Å²) in [6.07, 6.45) is 5.12. The average Bonchev–Trinajstić information content (AvgIpc) is 3.44. The zero-order valence-corrected chi connectivity index (χ0v) is 20.8. The second kappa shape index (κ2) is 7.25. The lowest BCUT2D eigenvalue weighted by atomic mass is 9.49. The van der Waals surface area contributed by atoms with Crippen LogP contribution in [0.4, 0.5) is 0 Å². The quantitative estimate of drug-likeness (QED) is 0.448. The number of ether oxygens (including phenoxy) is 1. The molecule has 0 unspecified atom stereocenters. The first kappa shape index (κ1) is 22.6. The van der Waals surface area contributed by atoms with E-state index in [2.05, 4.69) is 11.0 Å². The smallest absolute Gasteiger partial charge is 0.261 e. The Morgan fingerprint density at radius 3 is 2.67 bits per heavy atom. The molecule has 1 spiro atoms. The second-order valence-corrected chi connectivity index (χ2v) is 12.6. The van der Waals surface area contributed by atoms with E-state index in [9.17, 15) is 18.6 Å². The van der Waals surface area contributed by atoms with Gasteiger partial charge >= 0.3 is 0 Å². The number of likely N-dealkylation sites (tertiary alicyclic amines) is 1. The first-order valence-corrected chi connectivity index (χ1v) is 14.4. The first-order chi connectivity index (χ1) is 17.1. The lowest BCUT2D eigenvalue weighted by Crippen LogP contribution is -2.74. The second-order valence-electron chi connectivity index (χ2n) is 11.1. The van der Waals surface area contributed by atoms with Crippen molar-refractivity contribution >= 4 is 21.1 Å². The molecule has 4 atom stereocenters. The van der Waals surface area contributed by atoms with Gasteiger partial charge in [-0.2, -0.15) is 8.42 Å². The number of aromatic hydroxyl groups is 1. The summed E-state index contributed by atoms with van der Waals surface area (Å²) >= 11 is 0. The number of hydrogen-bond donors (Lipinski definition) is 3. The van der Waals surface area contributed by atoms with Crippen LogP contribution in [0.5, 0.6) is 11.5 Å². The van der Waals surface area contributed by atoms with Gasteiger partial charge < -0.3 is 19.4 Å². The van der Waals surface area contributed by atoms with E-state index in [0.29, 0.717) is 18.4 Å². The minimum atomic E-state index is -3.67. The summed E-state index contributed by atoms with van der Waals surface area (Å²) < 4.78 is 38.8. The van der Waals surface area contributed by atoms with Gasteiger partial charge in [-0.05, 0) is 55.8 Å². The molecule has 2 bridgehead atoms. The Labute approximate surface area is 209 Å². The van der Waals surface area contributed by atoms with Crippen LogP contribution in [0.25, 0.3) is 11.0 Å². The molecule has 3 aliphatic carbocycles. The van der Waals surface area contributed by atoms with Crippen molar-refractivity contribution in [2.24, 2.45) is 5.92 Å². The Morgan fingerprint density at radius 2 is 1.92 bits per heavy atom. The fraction of sp³-hybridized carbons (Fsp3) is 0.481. The number of piperidine rings is 1. The van der Waals surface area contributed by atoms with Gasteiger partial charge in [-0.15, -0.1) is 0 Å². The monoisotopic (exact) mass is 511 g/mol. The van der Waals surface area contributed by atoms with Crippen LogP contribution in [0.2, 0.25) is 0 Å². The maximum Gasteiger partial charge on any atom is 0.261 e. The number of furan rings is 1. The molecule has 3 aromatic rings. The molecular weight excluding hydrogens is 482 g/mol. The highest BCUT2D eigenvalue weighted by Gasteiger charge is 2.73. The molecule has 36 heavy (non-hydrogen) atoms. The summed E-state index contributed by atoms with van der Waals surface area (Å²) in [6, 6.07) is 12.0. The summed E-state index contributed by atoms with van der Waals surface area (Å²) in [5.74, 6) is 2.34. The lowest BCUT2D eigenvalue weighted by molar-refractivity contribution is -0.175. The predicted octanol–water partition coefficient (Wildman–Crippen LogP) is 3.34. The maximum atomic E-state index is 12.7. The molecule has 8 nitrogen and oxygen atoms in total. The van der Waals surface area contributed by atoms with Crippen LogP contribution in [0.15, 0.2) is 40.8 Å². The predicted molar refractivity (Wildman–Crippen MR) is 132 cm³/mol. The highest BCUT2D eigenvalue weighted by molar-refractivity contribution is 7.85. The van der Waals surface area contributed by atoms with Crippen LogP contribution in [0.1, 0.15) is 47.8 Å². The molecule has 3 N–H and O–H groups in total. The number of para-hydroxylation sites is 1. The van der Waals surface area contributed by atoms with Crippen molar-refractivity contribution in [2.45, 2.75) is 55.3 Å². The molecule has 1 saturated carbocycles. The van der Waals surface area contributed by atoms with Gasteiger partial charge in [0.2, 0.25) is 0 Å². The van der Waals surface area contributed by atoms with Gasteiger partial charge in [-0.25, -0.2) is 0 Å². The van der Waals surface area contributed by atoms with Gasteiger partial charge in [0.1, 0.15) is 11.3 Å². The van der Waals surface area contributed by atoms with Crippen LogP contribution >= 0.6 is 0 Å². The van der Waals surface area contributed by atoms with Gasteiger partial charge in [0, 0.05) is 35.5 Å². The van der Waals surface area contributed by atoms with Gasteiger partial charge in [0.15, 0.2) is 17.6 Å².